The van der Waals surface area contributed by atoms with E-state index in [0.29, 0.717) is 6.54 Å². The van der Waals surface area contributed by atoms with Crippen LogP contribution in [0, 0.1) is 0 Å². The van der Waals surface area contributed by atoms with Crippen molar-refractivity contribution >= 4 is 5.97 Å². The molecule has 0 radical (unpaired) electrons. The lowest BCUT2D eigenvalue weighted by Gasteiger charge is -2.21. The molecule has 1 aromatic heterocycles. The van der Waals surface area contributed by atoms with Crippen molar-refractivity contribution < 1.29 is 19.1 Å². The van der Waals surface area contributed by atoms with Crippen molar-refractivity contribution in [2.45, 2.75) is 38.3 Å². The molecule has 1 aromatic rings. The van der Waals surface area contributed by atoms with E-state index < -0.39 is 11.6 Å². The number of methoxy groups -OCH3 is 1. The maximum atomic E-state index is 11.3. The van der Waals surface area contributed by atoms with Crippen LogP contribution in [-0.4, -0.2) is 41.8 Å². The number of furan rings is 1. The Morgan fingerprint density at radius 2 is 2.26 bits per heavy atom. The van der Waals surface area contributed by atoms with E-state index in [-0.39, 0.29) is 5.76 Å². The topological polar surface area (TPSA) is 62.9 Å². The maximum absolute atomic E-state index is 11.3. The Morgan fingerprint density at radius 1 is 1.47 bits per heavy atom. The number of carbonyl (C=O) groups excluding carboxylic acids is 1. The first-order chi connectivity index (χ1) is 9.00. The molecule has 0 bridgehead atoms. The fraction of sp³-hybridized carbons (Fsp3) is 0.643. The smallest absolute Gasteiger partial charge is 0.373 e. The van der Waals surface area contributed by atoms with Crippen LogP contribution in [0.3, 0.4) is 0 Å². The summed E-state index contributed by atoms with van der Waals surface area (Å²) in [5, 5.41) is 10.0. The van der Waals surface area contributed by atoms with Crippen LogP contribution in [0.4, 0.5) is 0 Å². The third-order valence-electron chi connectivity index (χ3n) is 3.58. The highest BCUT2D eigenvalue weighted by Gasteiger charge is 2.25. The minimum Gasteiger partial charge on any atom is -0.463 e. The normalized spacial score (nSPS) is 25.0. The molecule has 1 aliphatic rings. The van der Waals surface area contributed by atoms with Gasteiger partial charge < -0.3 is 14.3 Å². The Labute approximate surface area is 113 Å². The zero-order valence-corrected chi connectivity index (χ0v) is 11.5. The lowest BCUT2D eigenvalue weighted by Crippen LogP contribution is -2.28. The van der Waals surface area contributed by atoms with Gasteiger partial charge in [0.05, 0.1) is 19.3 Å². The van der Waals surface area contributed by atoms with Crippen molar-refractivity contribution in [3.8, 4) is 0 Å². The summed E-state index contributed by atoms with van der Waals surface area (Å²) in [5.74, 6) is 0.534. The van der Waals surface area contributed by atoms with Gasteiger partial charge in [-0.2, -0.15) is 0 Å². The van der Waals surface area contributed by atoms with Gasteiger partial charge in [0.1, 0.15) is 5.76 Å². The highest BCUT2D eigenvalue weighted by Crippen LogP contribution is 2.22. The minimum absolute atomic E-state index is 0.235. The number of hydrogen-bond acceptors (Lipinski definition) is 5. The molecule has 0 amide bonds. The lowest BCUT2D eigenvalue weighted by molar-refractivity contribution is 0.0442. The van der Waals surface area contributed by atoms with E-state index >= 15 is 0 Å². The Morgan fingerprint density at radius 3 is 3.00 bits per heavy atom. The van der Waals surface area contributed by atoms with Crippen molar-refractivity contribution in [2.75, 3.05) is 20.2 Å². The SMILES string of the molecule is COC(=O)c1ccc(CN2CCCC(C)(O)CC2)o1. The molecule has 19 heavy (non-hydrogen) atoms. The zero-order chi connectivity index (χ0) is 13.9. The average molecular weight is 267 g/mol. The Bertz CT molecular complexity index is 438. The molecule has 2 heterocycles. The second kappa shape index (κ2) is 5.75. The van der Waals surface area contributed by atoms with Crippen molar-refractivity contribution in [3.63, 3.8) is 0 Å². The van der Waals surface area contributed by atoms with E-state index in [4.69, 9.17) is 4.42 Å². The predicted molar refractivity (Wildman–Crippen MR) is 69.8 cm³/mol. The molecule has 1 fully saturated rings. The van der Waals surface area contributed by atoms with Crippen LogP contribution in [0.25, 0.3) is 0 Å². The van der Waals surface area contributed by atoms with E-state index in [1.807, 2.05) is 6.92 Å². The summed E-state index contributed by atoms with van der Waals surface area (Å²) < 4.78 is 10.1. The number of hydrogen-bond donors (Lipinski definition) is 1. The number of aliphatic hydroxyl groups is 1. The Balaban J connectivity index is 1.94. The molecule has 0 spiro atoms. The third-order valence-corrected chi connectivity index (χ3v) is 3.58. The second-order valence-electron chi connectivity index (χ2n) is 5.38. The summed E-state index contributed by atoms with van der Waals surface area (Å²) in [6, 6.07) is 3.43. The van der Waals surface area contributed by atoms with E-state index in [1.54, 1.807) is 12.1 Å². The third kappa shape index (κ3) is 3.81. The minimum atomic E-state index is -0.560. The molecule has 106 valence electrons. The summed E-state index contributed by atoms with van der Waals surface area (Å²) in [6.07, 6.45) is 2.56. The second-order valence-corrected chi connectivity index (χ2v) is 5.38. The maximum Gasteiger partial charge on any atom is 0.373 e. The van der Waals surface area contributed by atoms with Crippen LogP contribution in [-0.2, 0) is 11.3 Å². The van der Waals surface area contributed by atoms with E-state index in [1.165, 1.54) is 7.11 Å². The van der Waals surface area contributed by atoms with Crippen LogP contribution in [0.15, 0.2) is 16.5 Å². The van der Waals surface area contributed by atoms with Crippen LogP contribution in [0.1, 0.15) is 42.5 Å². The molecule has 1 unspecified atom stereocenters. The molecule has 0 saturated carbocycles. The van der Waals surface area contributed by atoms with Crippen molar-refractivity contribution in [1.29, 1.82) is 0 Å². The van der Waals surface area contributed by atoms with E-state index in [2.05, 4.69) is 9.64 Å². The summed E-state index contributed by atoms with van der Waals surface area (Å²) >= 11 is 0. The number of rotatable bonds is 3. The number of esters is 1. The first kappa shape index (κ1) is 14.1. The number of carbonyl (C=O) groups is 1. The van der Waals surface area contributed by atoms with Gasteiger partial charge in [0.15, 0.2) is 0 Å². The molecular formula is C14H21NO4. The first-order valence-electron chi connectivity index (χ1n) is 6.62. The van der Waals surface area contributed by atoms with Gasteiger partial charge in [0.25, 0.3) is 0 Å². The largest absolute Gasteiger partial charge is 0.463 e. The van der Waals surface area contributed by atoms with Gasteiger partial charge in [-0.05, 0) is 44.9 Å². The van der Waals surface area contributed by atoms with Crippen LogP contribution in [0.2, 0.25) is 0 Å². The number of ether oxygens (including phenoxy) is 1. The van der Waals surface area contributed by atoms with Gasteiger partial charge in [0, 0.05) is 6.54 Å². The highest BCUT2D eigenvalue weighted by atomic mass is 16.5. The quantitative estimate of drug-likeness (QED) is 0.846. The molecular weight excluding hydrogens is 246 g/mol. The summed E-state index contributed by atoms with van der Waals surface area (Å²) in [6.45, 7) is 4.32. The molecule has 1 N–H and O–H groups in total. The van der Waals surface area contributed by atoms with Crippen LogP contribution < -0.4 is 0 Å². The standard InChI is InChI=1S/C14H21NO4/c1-14(17)6-3-8-15(9-7-14)10-11-4-5-12(19-11)13(16)18-2/h4-5,17H,3,6-10H2,1-2H3. The monoisotopic (exact) mass is 267 g/mol. The van der Waals surface area contributed by atoms with Crippen LogP contribution in [0.5, 0.6) is 0 Å². The predicted octanol–water partition coefficient (Wildman–Crippen LogP) is 1.80. The van der Waals surface area contributed by atoms with Crippen molar-refractivity contribution in [3.05, 3.63) is 23.7 Å². The Kier molecular flexibility index (Phi) is 4.27. The van der Waals surface area contributed by atoms with E-state index in [9.17, 15) is 9.90 Å². The first-order valence-corrected chi connectivity index (χ1v) is 6.62. The van der Waals surface area contributed by atoms with Crippen molar-refractivity contribution in [2.24, 2.45) is 0 Å². The fourth-order valence-electron chi connectivity index (χ4n) is 2.37. The van der Waals surface area contributed by atoms with Crippen molar-refractivity contribution in [1.82, 2.24) is 4.90 Å². The highest BCUT2D eigenvalue weighted by molar-refractivity contribution is 5.86. The summed E-state index contributed by atoms with van der Waals surface area (Å²) in [5.41, 5.74) is -0.560. The van der Waals surface area contributed by atoms with Gasteiger partial charge in [-0.1, -0.05) is 0 Å². The number of likely N-dealkylation sites (tertiary alicyclic amines) is 1. The molecule has 5 heteroatoms. The van der Waals surface area contributed by atoms with Gasteiger partial charge in [-0.15, -0.1) is 0 Å². The van der Waals surface area contributed by atoms with Gasteiger partial charge in [0.2, 0.25) is 5.76 Å². The molecule has 0 aromatic carbocycles. The molecule has 1 aliphatic heterocycles. The average Bonchev–Trinajstić information content (AvgIpc) is 2.76. The molecule has 5 nitrogen and oxygen atoms in total. The Hall–Kier alpha value is -1.33. The molecule has 0 aliphatic carbocycles. The van der Waals surface area contributed by atoms with Gasteiger partial charge in [-0.3, -0.25) is 4.90 Å². The number of nitrogens with zero attached hydrogens (tertiary/aromatic N) is 1. The summed E-state index contributed by atoms with van der Waals surface area (Å²) in [4.78, 5) is 13.5. The van der Waals surface area contributed by atoms with E-state index in [0.717, 1.165) is 38.1 Å². The van der Waals surface area contributed by atoms with Crippen LogP contribution >= 0.6 is 0 Å². The lowest BCUT2D eigenvalue weighted by atomic mass is 9.98. The molecule has 2 rings (SSSR count). The van der Waals surface area contributed by atoms with Gasteiger partial charge in [-0.25, -0.2) is 4.79 Å². The molecule has 1 saturated heterocycles. The molecule has 1 atom stereocenters. The fourth-order valence-corrected chi connectivity index (χ4v) is 2.37. The van der Waals surface area contributed by atoms with Gasteiger partial charge >= 0.3 is 5.97 Å². The summed E-state index contributed by atoms with van der Waals surface area (Å²) in [7, 11) is 1.33. The zero-order valence-electron chi connectivity index (χ0n) is 11.5.